The van der Waals surface area contributed by atoms with Crippen LogP contribution in [0.2, 0.25) is 0 Å². The molecule has 1 aliphatic heterocycles. The number of ether oxygens (including phenoxy) is 1. The van der Waals surface area contributed by atoms with Gasteiger partial charge >= 0.3 is 0 Å². The molecule has 2 N–H and O–H groups in total. The maximum Gasteiger partial charge on any atom is 0.269 e. The zero-order valence-electron chi connectivity index (χ0n) is 11.3. The van der Waals surface area contributed by atoms with E-state index < -0.39 is 5.91 Å². The van der Waals surface area contributed by atoms with Gasteiger partial charge in [-0.3, -0.25) is 4.79 Å². The Hall–Kier alpha value is -1.82. The highest BCUT2D eigenvalue weighted by molar-refractivity contribution is 9.10. The van der Waals surface area contributed by atoms with Crippen molar-refractivity contribution in [2.24, 2.45) is 5.73 Å². The minimum atomic E-state index is -0.449. The molecule has 1 fully saturated rings. The molecule has 2 aromatic rings. The van der Waals surface area contributed by atoms with Crippen molar-refractivity contribution >= 4 is 21.8 Å². The lowest BCUT2D eigenvalue weighted by atomic mass is 10.2. The highest BCUT2D eigenvalue weighted by Crippen LogP contribution is 2.45. The van der Waals surface area contributed by atoms with Crippen molar-refractivity contribution in [2.45, 2.75) is 25.3 Å². The number of carbonyl (C=O) groups is 1. The highest BCUT2D eigenvalue weighted by atomic mass is 79.9. The van der Waals surface area contributed by atoms with E-state index in [1.807, 2.05) is 18.2 Å². The molecular formula is C15H14BrN3O2. The molecule has 5 nitrogen and oxygen atoms in total. The summed E-state index contributed by atoms with van der Waals surface area (Å²) < 4.78 is 8.86. The van der Waals surface area contributed by atoms with Gasteiger partial charge in [0.1, 0.15) is 23.9 Å². The molecule has 1 aromatic heterocycles. The van der Waals surface area contributed by atoms with Crippen LogP contribution in [0.1, 0.15) is 34.9 Å². The Labute approximate surface area is 130 Å². The van der Waals surface area contributed by atoms with Gasteiger partial charge in [0.25, 0.3) is 5.91 Å². The molecule has 2 aliphatic rings. The minimum absolute atomic E-state index is 0.405. The van der Waals surface area contributed by atoms with Crippen LogP contribution in [0.25, 0.3) is 11.4 Å². The summed E-state index contributed by atoms with van der Waals surface area (Å²) in [5.74, 6) is 1.53. The molecule has 108 valence electrons. The summed E-state index contributed by atoms with van der Waals surface area (Å²) in [4.78, 5) is 16.3. The van der Waals surface area contributed by atoms with E-state index in [2.05, 4.69) is 25.5 Å². The summed E-state index contributed by atoms with van der Waals surface area (Å²) in [6.45, 7) is 1.25. The first-order valence-electron chi connectivity index (χ1n) is 6.98. The third kappa shape index (κ3) is 2.05. The predicted octanol–water partition coefficient (Wildman–Crippen LogP) is 2.68. The third-order valence-electron chi connectivity index (χ3n) is 3.96. The number of nitrogens with zero attached hydrogens (tertiary/aromatic N) is 2. The highest BCUT2D eigenvalue weighted by Gasteiger charge is 2.35. The van der Waals surface area contributed by atoms with Gasteiger partial charge in [-0.15, -0.1) is 0 Å². The summed E-state index contributed by atoms with van der Waals surface area (Å²) in [5.41, 5.74) is 7.82. The first-order valence-corrected chi connectivity index (χ1v) is 7.77. The van der Waals surface area contributed by atoms with E-state index in [-0.39, 0.29) is 0 Å². The molecule has 1 aromatic carbocycles. The van der Waals surface area contributed by atoms with E-state index in [1.54, 1.807) is 0 Å². The fourth-order valence-electron chi connectivity index (χ4n) is 2.90. The number of halogens is 1. The van der Waals surface area contributed by atoms with Gasteiger partial charge in [0.05, 0.1) is 17.8 Å². The number of hydrogen-bond acceptors (Lipinski definition) is 3. The predicted molar refractivity (Wildman–Crippen MR) is 81.4 cm³/mol. The Morgan fingerprint density at radius 1 is 1.43 bits per heavy atom. The molecule has 0 atom stereocenters. The SMILES string of the molecule is NC(=O)c1nc2n(c1C1CC1)CCOc1ccc(Br)cc1-2. The molecule has 0 radical (unpaired) electrons. The maximum atomic E-state index is 11.7. The van der Waals surface area contributed by atoms with Crippen molar-refractivity contribution in [2.75, 3.05) is 6.61 Å². The first kappa shape index (κ1) is 12.9. The van der Waals surface area contributed by atoms with Gasteiger partial charge in [0.2, 0.25) is 0 Å². The Morgan fingerprint density at radius 2 is 2.24 bits per heavy atom. The molecule has 21 heavy (non-hydrogen) atoms. The molecule has 0 spiro atoms. The van der Waals surface area contributed by atoms with Gasteiger partial charge in [0.15, 0.2) is 0 Å². The van der Waals surface area contributed by atoms with E-state index in [9.17, 15) is 4.79 Å². The lowest BCUT2D eigenvalue weighted by molar-refractivity contribution is 0.0994. The molecule has 0 bridgehead atoms. The van der Waals surface area contributed by atoms with E-state index in [4.69, 9.17) is 10.5 Å². The fourth-order valence-corrected chi connectivity index (χ4v) is 3.26. The number of hydrogen-bond donors (Lipinski definition) is 1. The molecule has 6 heteroatoms. The van der Waals surface area contributed by atoms with Crippen LogP contribution in [0, 0.1) is 0 Å². The summed E-state index contributed by atoms with van der Waals surface area (Å²) in [6, 6.07) is 5.83. The molecule has 4 rings (SSSR count). The van der Waals surface area contributed by atoms with Crippen LogP contribution in [0.15, 0.2) is 22.7 Å². The smallest absolute Gasteiger partial charge is 0.269 e. The third-order valence-corrected chi connectivity index (χ3v) is 4.45. The van der Waals surface area contributed by atoms with E-state index in [0.29, 0.717) is 24.8 Å². The second kappa shape index (κ2) is 4.59. The summed E-state index contributed by atoms with van der Waals surface area (Å²) in [5, 5.41) is 0. The number of benzene rings is 1. The van der Waals surface area contributed by atoms with Crippen LogP contribution in [-0.4, -0.2) is 22.1 Å². The van der Waals surface area contributed by atoms with E-state index in [0.717, 1.165) is 40.1 Å². The number of imidazole rings is 1. The van der Waals surface area contributed by atoms with E-state index in [1.165, 1.54) is 0 Å². The number of fused-ring (bicyclic) bond motifs is 3. The van der Waals surface area contributed by atoms with Crippen molar-refractivity contribution in [1.82, 2.24) is 9.55 Å². The summed E-state index contributed by atoms with van der Waals surface area (Å²) in [6.07, 6.45) is 2.19. The quantitative estimate of drug-likeness (QED) is 0.907. The number of primary amides is 1. The average Bonchev–Trinajstić information content (AvgIpc) is 3.24. The number of rotatable bonds is 2. The Balaban J connectivity index is 1.98. The van der Waals surface area contributed by atoms with Crippen molar-refractivity contribution in [3.05, 3.63) is 34.1 Å². The largest absolute Gasteiger partial charge is 0.491 e. The van der Waals surface area contributed by atoms with Gasteiger partial charge in [-0.2, -0.15) is 0 Å². The number of amides is 1. The zero-order chi connectivity index (χ0) is 14.6. The number of nitrogens with two attached hydrogens (primary N) is 1. The van der Waals surface area contributed by atoms with Gasteiger partial charge in [-0.05, 0) is 31.0 Å². The Bertz CT molecular complexity index is 750. The van der Waals surface area contributed by atoms with Crippen LogP contribution in [0.4, 0.5) is 0 Å². The lowest BCUT2D eigenvalue weighted by Gasteiger charge is -2.08. The van der Waals surface area contributed by atoms with Crippen molar-refractivity contribution in [1.29, 1.82) is 0 Å². The minimum Gasteiger partial charge on any atom is -0.491 e. The molecular weight excluding hydrogens is 334 g/mol. The van der Waals surface area contributed by atoms with Gasteiger partial charge in [-0.25, -0.2) is 4.98 Å². The normalized spacial score (nSPS) is 16.6. The Morgan fingerprint density at radius 3 is 2.95 bits per heavy atom. The topological polar surface area (TPSA) is 70.1 Å². The summed E-state index contributed by atoms with van der Waals surface area (Å²) >= 11 is 3.48. The van der Waals surface area contributed by atoms with Crippen molar-refractivity contribution in [3.8, 4) is 17.1 Å². The van der Waals surface area contributed by atoms with Crippen LogP contribution in [0.3, 0.4) is 0 Å². The van der Waals surface area contributed by atoms with Crippen LogP contribution >= 0.6 is 15.9 Å². The Kier molecular flexibility index (Phi) is 2.82. The summed E-state index contributed by atoms with van der Waals surface area (Å²) in [7, 11) is 0. The van der Waals surface area contributed by atoms with Crippen LogP contribution in [-0.2, 0) is 6.54 Å². The average molecular weight is 348 g/mol. The zero-order valence-corrected chi connectivity index (χ0v) is 12.9. The van der Waals surface area contributed by atoms with Crippen molar-refractivity contribution in [3.63, 3.8) is 0 Å². The second-order valence-corrected chi connectivity index (χ2v) is 6.36. The lowest BCUT2D eigenvalue weighted by Crippen LogP contribution is -2.16. The molecule has 2 heterocycles. The van der Waals surface area contributed by atoms with Gasteiger partial charge in [-0.1, -0.05) is 15.9 Å². The molecule has 1 amide bonds. The first-order chi connectivity index (χ1) is 10.1. The van der Waals surface area contributed by atoms with Crippen LogP contribution < -0.4 is 10.5 Å². The molecule has 1 aliphatic carbocycles. The standard InChI is InChI=1S/C15H14BrN3O2/c16-9-3-4-11-10(7-9)15-18-12(14(17)20)13(8-1-2-8)19(15)5-6-21-11/h3-4,7-8H,1-2,5-6H2,(H2,17,20). The number of aromatic nitrogens is 2. The fraction of sp³-hybridized carbons (Fsp3) is 0.333. The van der Waals surface area contributed by atoms with E-state index >= 15 is 0 Å². The number of carbonyl (C=O) groups excluding carboxylic acids is 1. The second-order valence-electron chi connectivity index (χ2n) is 5.45. The molecule has 0 saturated heterocycles. The van der Waals surface area contributed by atoms with Crippen LogP contribution in [0.5, 0.6) is 5.75 Å². The maximum absolute atomic E-state index is 11.7. The molecule has 1 saturated carbocycles. The van der Waals surface area contributed by atoms with Gasteiger partial charge < -0.3 is 15.0 Å². The monoisotopic (exact) mass is 347 g/mol. The molecule has 0 unspecified atom stereocenters. The van der Waals surface area contributed by atoms with Crippen molar-refractivity contribution < 1.29 is 9.53 Å². The van der Waals surface area contributed by atoms with Gasteiger partial charge in [0, 0.05) is 10.4 Å².